The topological polar surface area (TPSA) is 103 Å². The van der Waals surface area contributed by atoms with Crippen LogP contribution in [-0.2, 0) is 4.79 Å². The summed E-state index contributed by atoms with van der Waals surface area (Å²) in [5.74, 6) is -1.44. The molecule has 192 valence electrons. The van der Waals surface area contributed by atoms with E-state index in [1.165, 1.54) is 28.5 Å². The number of halogens is 1. The summed E-state index contributed by atoms with van der Waals surface area (Å²) in [6, 6.07) is 7.42. The lowest BCUT2D eigenvalue weighted by Gasteiger charge is -2.26. The maximum Gasteiger partial charge on any atom is 0.271 e. The molecule has 1 amide bonds. The zero-order valence-corrected chi connectivity index (χ0v) is 22.0. The molecule has 1 aliphatic carbocycles. The van der Waals surface area contributed by atoms with Crippen molar-refractivity contribution in [1.29, 1.82) is 5.26 Å². The Balaban J connectivity index is 1.49. The first-order valence-corrected chi connectivity index (χ1v) is 13.4. The third-order valence-corrected chi connectivity index (χ3v) is 8.17. The van der Waals surface area contributed by atoms with E-state index in [4.69, 9.17) is 12.2 Å². The Morgan fingerprint density at radius 3 is 2.57 bits per heavy atom. The number of amides is 1. The standard InChI is InChI=1S/C27H26FN3O4S2/c1-16-20(15-29)24(33)31(19-6-3-2-4-7-19)26(35)23(16)21(32)8-5-13-30-25(34)22(37-27(30)36)14-17-9-11-18(28)12-10-17/h9-12,14,19,35H,2-8,13H2,1H3/b22-14-. The molecule has 37 heavy (non-hydrogen) atoms. The average molecular weight is 540 g/mol. The summed E-state index contributed by atoms with van der Waals surface area (Å²) >= 11 is 6.49. The first-order valence-electron chi connectivity index (χ1n) is 12.1. The second kappa shape index (κ2) is 11.4. The van der Waals surface area contributed by atoms with Crippen molar-refractivity contribution in [2.75, 3.05) is 6.54 Å². The van der Waals surface area contributed by atoms with Gasteiger partial charge in [0, 0.05) is 19.0 Å². The van der Waals surface area contributed by atoms with Gasteiger partial charge in [-0.3, -0.25) is 23.9 Å². The van der Waals surface area contributed by atoms with Crippen molar-refractivity contribution in [2.45, 2.75) is 57.9 Å². The number of aromatic hydroxyl groups is 1. The molecule has 1 N–H and O–H groups in total. The van der Waals surface area contributed by atoms with Crippen LogP contribution in [0.3, 0.4) is 0 Å². The van der Waals surface area contributed by atoms with Crippen LogP contribution in [0.15, 0.2) is 34.0 Å². The number of carbonyl (C=O) groups is 2. The SMILES string of the molecule is Cc1c(C(=O)CCCN2C(=O)/C(=C/c3ccc(F)cc3)SC2=S)c(O)n(C2CCCCC2)c(=O)c1C#N. The molecular weight excluding hydrogens is 513 g/mol. The van der Waals surface area contributed by atoms with Crippen molar-refractivity contribution in [2.24, 2.45) is 0 Å². The number of hydrogen-bond acceptors (Lipinski definition) is 7. The maximum absolute atomic E-state index is 13.2. The van der Waals surface area contributed by atoms with Crippen molar-refractivity contribution in [3.05, 3.63) is 67.6 Å². The highest BCUT2D eigenvalue weighted by Gasteiger charge is 2.32. The zero-order valence-electron chi connectivity index (χ0n) is 20.3. The number of ketones is 1. The monoisotopic (exact) mass is 539 g/mol. The third kappa shape index (κ3) is 5.53. The molecule has 2 aliphatic rings. The summed E-state index contributed by atoms with van der Waals surface area (Å²) in [7, 11) is 0. The Morgan fingerprint density at radius 1 is 1.24 bits per heavy atom. The van der Waals surface area contributed by atoms with Crippen LogP contribution in [0.1, 0.15) is 78.0 Å². The molecule has 4 rings (SSSR count). The van der Waals surface area contributed by atoms with Crippen LogP contribution < -0.4 is 5.56 Å². The van der Waals surface area contributed by atoms with Gasteiger partial charge in [-0.2, -0.15) is 5.26 Å². The molecule has 0 bridgehead atoms. The molecule has 1 saturated heterocycles. The minimum Gasteiger partial charge on any atom is -0.494 e. The summed E-state index contributed by atoms with van der Waals surface area (Å²) in [5, 5.41) is 20.6. The van der Waals surface area contributed by atoms with Crippen molar-refractivity contribution in [1.82, 2.24) is 9.47 Å². The van der Waals surface area contributed by atoms with Crippen molar-refractivity contribution in [3.63, 3.8) is 0 Å². The second-order valence-electron chi connectivity index (χ2n) is 9.19. The van der Waals surface area contributed by atoms with Crippen LogP contribution in [0.4, 0.5) is 4.39 Å². The van der Waals surface area contributed by atoms with E-state index in [1.54, 1.807) is 18.2 Å². The van der Waals surface area contributed by atoms with Gasteiger partial charge in [-0.1, -0.05) is 55.4 Å². The van der Waals surface area contributed by atoms with Gasteiger partial charge < -0.3 is 5.11 Å². The van der Waals surface area contributed by atoms with Crippen LogP contribution in [-0.4, -0.2) is 37.1 Å². The molecule has 2 aromatic rings. The van der Waals surface area contributed by atoms with Gasteiger partial charge in [0.2, 0.25) is 5.88 Å². The van der Waals surface area contributed by atoms with E-state index < -0.39 is 11.3 Å². The predicted molar refractivity (Wildman–Crippen MR) is 144 cm³/mol. The smallest absolute Gasteiger partial charge is 0.271 e. The number of carbonyl (C=O) groups excluding carboxylic acids is 2. The lowest BCUT2D eigenvalue weighted by molar-refractivity contribution is -0.122. The molecule has 1 saturated carbocycles. The first-order chi connectivity index (χ1) is 17.7. The van der Waals surface area contributed by atoms with E-state index in [9.17, 15) is 29.1 Å². The molecule has 2 heterocycles. The molecule has 0 atom stereocenters. The Bertz CT molecular complexity index is 1390. The van der Waals surface area contributed by atoms with E-state index in [0.717, 1.165) is 31.0 Å². The predicted octanol–water partition coefficient (Wildman–Crippen LogP) is 5.24. The molecule has 1 aliphatic heterocycles. The molecule has 1 aromatic carbocycles. The Morgan fingerprint density at radius 2 is 1.92 bits per heavy atom. The van der Waals surface area contributed by atoms with Gasteiger partial charge >= 0.3 is 0 Å². The molecule has 7 nitrogen and oxygen atoms in total. The summed E-state index contributed by atoms with van der Waals surface area (Å²) in [6.45, 7) is 1.70. The van der Waals surface area contributed by atoms with Crippen LogP contribution >= 0.6 is 24.0 Å². The van der Waals surface area contributed by atoms with Gasteiger partial charge in [-0.15, -0.1) is 0 Å². The normalized spacial score (nSPS) is 17.4. The minimum atomic E-state index is -0.563. The lowest BCUT2D eigenvalue weighted by Crippen LogP contribution is -2.31. The number of hydrogen-bond donors (Lipinski definition) is 1. The summed E-state index contributed by atoms with van der Waals surface area (Å²) < 4.78 is 14.7. The average Bonchev–Trinajstić information content (AvgIpc) is 3.13. The number of Topliss-reactive ketones (excluding diaryl/α,β-unsaturated/α-hetero) is 1. The van der Waals surface area contributed by atoms with E-state index in [1.807, 2.05) is 6.07 Å². The highest BCUT2D eigenvalue weighted by molar-refractivity contribution is 8.26. The van der Waals surface area contributed by atoms with E-state index in [-0.39, 0.29) is 59.7 Å². The number of pyridine rings is 1. The summed E-state index contributed by atoms with van der Waals surface area (Å²) in [4.78, 5) is 40.8. The van der Waals surface area contributed by atoms with Gasteiger partial charge in [0.1, 0.15) is 21.8 Å². The van der Waals surface area contributed by atoms with E-state index in [0.29, 0.717) is 27.6 Å². The van der Waals surface area contributed by atoms with Crippen molar-refractivity contribution < 1.29 is 19.1 Å². The Hall–Kier alpha value is -3.29. The van der Waals surface area contributed by atoms with Gasteiger partial charge in [-0.05, 0) is 55.5 Å². The number of thiocarbonyl (C=S) groups is 1. The third-order valence-electron chi connectivity index (χ3n) is 6.79. The second-order valence-corrected chi connectivity index (χ2v) is 10.9. The number of aromatic nitrogens is 1. The van der Waals surface area contributed by atoms with Gasteiger partial charge in [0.25, 0.3) is 11.5 Å². The van der Waals surface area contributed by atoms with Crippen molar-refractivity contribution in [3.8, 4) is 11.9 Å². The lowest BCUT2D eigenvalue weighted by atomic mass is 9.93. The number of rotatable bonds is 7. The van der Waals surface area contributed by atoms with E-state index in [2.05, 4.69) is 0 Å². The fourth-order valence-corrected chi connectivity index (χ4v) is 6.17. The molecule has 0 spiro atoms. The van der Waals surface area contributed by atoms with Gasteiger partial charge in [0.05, 0.1) is 10.5 Å². The largest absolute Gasteiger partial charge is 0.494 e. The summed E-state index contributed by atoms with van der Waals surface area (Å²) in [6.07, 6.45) is 6.19. The van der Waals surface area contributed by atoms with Crippen molar-refractivity contribution >= 4 is 46.1 Å². The zero-order chi connectivity index (χ0) is 26.7. The minimum absolute atomic E-state index is 0.00376. The van der Waals surface area contributed by atoms with Crippen LogP contribution in [0.5, 0.6) is 5.88 Å². The fraction of sp³-hybridized carbons (Fsp3) is 0.370. The molecule has 1 aromatic heterocycles. The van der Waals surface area contributed by atoms with Gasteiger partial charge in [0.15, 0.2) is 5.78 Å². The van der Waals surface area contributed by atoms with Crippen LogP contribution in [0.2, 0.25) is 0 Å². The number of benzene rings is 1. The molecule has 0 radical (unpaired) electrons. The quantitative estimate of drug-likeness (QED) is 0.291. The highest BCUT2D eigenvalue weighted by atomic mass is 32.2. The first kappa shape index (κ1) is 26.8. The Kier molecular flexibility index (Phi) is 8.25. The number of nitriles is 1. The molecule has 0 unspecified atom stereocenters. The fourth-order valence-electron chi connectivity index (χ4n) is 4.86. The maximum atomic E-state index is 13.2. The van der Waals surface area contributed by atoms with Crippen LogP contribution in [0, 0.1) is 24.1 Å². The van der Waals surface area contributed by atoms with Crippen LogP contribution in [0.25, 0.3) is 6.08 Å². The van der Waals surface area contributed by atoms with E-state index >= 15 is 0 Å². The molecule has 2 fully saturated rings. The Labute approximate surface area is 223 Å². The number of nitrogens with zero attached hydrogens (tertiary/aromatic N) is 3. The molecule has 10 heteroatoms. The van der Waals surface area contributed by atoms with Gasteiger partial charge in [-0.25, -0.2) is 4.39 Å². The summed E-state index contributed by atoms with van der Waals surface area (Å²) in [5.41, 5.74) is 0.142. The highest BCUT2D eigenvalue weighted by Crippen LogP contribution is 2.35. The number of thioether (sulfide) groups is 1. The molecular formula is C27H26FN3O4S2.